The highest BCUT2D eigenvalue weighted by Crippen LogP contribution is 1.97. The second-order valence-corrected chi connectivity index (χ2v) is 2.68. The fourth-order valence-electron chi connectivity index (χ4n) is 0.734. The normalized spacial score (nSPS) is 11.9. The molecule has 0 bridgehead atoms. The van der Waals surface area contributed by atoms with Crippen LogP contribution in [0.2, 0.25) is 0 Å². The van der Waals surface area contributed by atoms with E-state index in [-0.39, 0.29) is 19.8 Å². The van der Waals surface area contributed by atoms with Gasteiger partial charge in [0, 0.05) is 0 Å². The number of aliphatic hydroxyl groups is 2. The van der Waals surface area contributed by atoms with Crippen molar-refractivity contribution >= 4 is 6.16 Å². The third-order valence-corrected chi connectivity index (χ3v) is 1.43. The quantitative estimate of drug-likeness (QED) is 0.358. The van der Waals surface area contributed by atoms with Gasteiger partial charge in [0.25, 0.3) is 0 Å². The highest BCUT2D eigenvalue weighted by Gasteiger charge is 2.04. The van der Waals surface area contributed by atoms with Crippen LogP contribution in [0.3, 0.4) is 0 Å². The Morgan fingerprint density at radius 1 is 1.50 bits per heavy atom. The minimum atomic E-state index is -0.747. The van der Waals surface area contributed by atoms with Gasteiger partial charge in [0.05, 0.1) is 19.3 Å². The third kappa shape index (κ3) is 7.57. The first kappa shape index (κ1) is 12.9. The molecule has 0 aliphatic carbocycles. The Labute approximate surface area is 82.9 Å². The molecule has 0 aromatic carbocycles. The third-order valence-electron chi connectivity index (χ3n) is 1.43. The molecule has 0 saturated carbocycles. The predicted octanol–water partition coefficient (Wildman–Crippen LogP) is 0.459. The van der Waals surface area contributed by atoms with Crippen molar-refractivity contribution in [3.8, 4) is 0 Å². The van der Waals surface area contributed by atoms with Crippen molar-refractivity contribution in [2.24, 2.45) is 0 Å². The van der Waals surface area contributed by atoms with Crippen LogP contribution in [0, 0.1) is 0 Å². The number of hydrogen-bond donors (Lipinski definition) is 2. The number of carbonyl (C=O) groups excluding carboxylic acids is 1. The van der Waals surface area contributed by atoms with Gasteiger partial charge in [0.1, 0.15) is 6.61 Å². The molecule has 0 radical (unpaired) electrons. The second-order valence-electron chi connectivity index (χ2n) is 2.68. The van der Waals surface area contributed by atoms with Gasteiger partial charge in [-0.25, -0.2) is 4.79 Å². The fraction of sp³-hybridized carbons (Fsp3) is 0.667. The lowest BCUT2D eigenvalue weighted by Crippen LogP contribution is -2.14. The Hall–Kier alpha value is -1.07. The molecule has 14 heavy (non-hydrogen) atoms. The van der Waals surface area contributed by atoms with E-state index in [1.165, 1.54) is 6.08 Å². The summed E-state index contributed by atoms with van der Waals surface area (Å²) in [4.78, 5) is 10.7. The monoisotopic (exact) mass is 204 g/mol. The molecule has 5 heteroatoms. The summed E-state index contributed by atoms with van der Waals surface area (Å²) in [6.45, 7) is 3.39. The summed E-state index contributed by atoms with van der Waals surface area (Å²) in [5, 5.41) is 17.4. The average Bonchev–Trinajstić information content (AvgIpc) is 2.21. The summed E-state index contributed by atoms with van der Waals surface area (Å²) in [6, 6.07) is 0. The molecule has 0 amide bonds. The van der Waals surface area contributed by atoms with E-state index in [9.17, 15) is 4.79 Å². The van der Waals surface area contributed by atoms with E-state index < -0.39 is 12.3 Å². The molecule has 0 spiro atoms. The van der Waals surface area contributed by atoms with Gasteiger partial charge in [-0.15, -0.1) is 0 Å². The van der Waals surface area contributed by atoms with Gasteiger partial charge in [-0.3, -0.25) is 0 Å². The maximum absolute atomic E-state index is 10.7. The Morgan fingerprint density at radius 2 is 2.21 bits per heavy atom. The highest BCUT2D eigenvalue weighted by atomic mass is 16.7. The van der Waals surface area contributed by atoms with E-state index in [0.29, 0.717) is 12.8 Å². The van der Waals surface area contributed by atoms with Crippen LogP contribution >= 0.6 is 0 Å². The largest absolute Gasteiger partial charge is 0.508 e. The van der Waals surface area contributed by atoms with Crippen LogP contribution in [-0.2, 0) is 9.47 Å². The van der Waals surface area contributed by atoms with Gasteiger partial charge >= 0.3 is 6.16 Å². The Morgan fingerprint density at radius 3 is 2.79 bits per heavy atom. The molecular weight excluding hydrogens is 188 g/mol. The standard InChI is InChI=1S/C9H16O5/c1-2-5-13-9(12)14-6-3-4-8(11)7-10/h2,8,10-11H,1,3-7H2/t8-/m0/s1. The first-order valence-corrected chi connectivity index (χ1v) is 4.40. The first-order valence-electron chi connectivity index (χ1n) is 4.40. The summed E-state index contributed by atoms with van der Waals surface area (Å²) >= 11 is 0. The van der Waals surface area contributed by atoms with Crippen molar-refractivity contribution in [3.63, 3.8) is 0 Å². The number of carbonyl (C=O) groups is 1. The van der Waals surface area contributed by atoms with Crippen molar-refractivity contribution in [2.45, 2.75) is 18.9 Å². The zero-order valence-electron chi connectivity index (χ0n) is 8.02. The molecule has 0 aliphatic rings. The van der Waals surface area contributed by atoms with Crippen molar-refractivity contribution in [2.75, 3.05) is 19.8 Å². The summed E-state index contributed by atoms with van der Waals surface area (Å²) < 4.78 is 9.17. The molecule has 0 unspecified atom stereocenters. The Bertz CT molecular complexity index is 169. The molecule has 0 rings (SSSR count). The SMILES string of the molecule is C=CCOC(=O)OCCC[C@H](O)CO. The van der Waals surface area contributed by atoms with Crippen LogP contribution in [0.1, 0.15) is 12.8 Å². The number of ether oxygens (including phenoxy) is 2. The summed E-state index contributed by atoms with van der Waals surface area (Å²) in [7, 11) is 0. The molecule has 1 atom stereocenters. The van der Waals surface area contributed by atoms with Crippen molar-refractivity contribution in [3.05, 3.63) is 12.7 Å². The molecule has 0 heterocycles. The van der Waals surface area contributed by atoms with Gasteiger partial charge in [0.2, 0.25) is 0 Å². The van der Waals surface area contributed by atoms with Gasteiger partial charge in [-0.2, -0.15) is 0 Å². The fourth-order valence-corrected chi connectivity index (χ4v) is 0.734. The van der Waals surface area contributed by atoms with Crippen LogP contribution < -0.4 is 0 Å². The summed E-state index contributed by atoms with van der Waals surface area (Å²) in [5.74, 6) is 0. The number of aliphatic hydroxyl groups excluding tert-OH is 2. The average molecular weight is 204 g/mol. The van der Waals surface area contributed by atoms with Gasteiger partial charge < -0.3 is 19.7 Å². The smallest absolute Gasteiger partial charge is 0.434 e. The van der Waals surface area contributed by atoms with E-state index in [4.69, 9.17) is 10.2 Å². The van der Waals surface area contributed by atoms with Crippen molar-refractivity contribution < 1.29 is 24.5 Å². The van der Waals surface area contributed by atoms with E-state index in [1.54, 1.807) is 0 Å². The maximum atomic E-state index is 10.7. The van der Waals surface area contributed by atoms with Crippen molar-refractivity contribution in [1.29, 1.82) is 0 Å². The van der Waals surface area contributed by atoms with Gasteiger partial charge in [-0.1, -0.05) is 12.7 Å². The zero-order chi connectivity index (χ0) is 10.8. The van der Waals surface area contributed by atoms with E-state index >= 15 is 0 Å². The van der Waals surface area contributed by atoms with E-state index in [2.05, 4.69) is 16.1 Å². The minimum absolute atomic E-state index is 0.123. The molecular formula is C9H16O5. The van der Waals surface area contributed by atoms with E-state index in [1.807, 2.05) is 0 Å². The van der Waals surface area contributed by atoms with Crippen LogP contribution in [0.4, 0.5) is 4.79 Å². The lowest BCUT2D eigenvalue weighted by atomic mass is 10.2. The highest BCUT2D eigenvalue weighted by molar-refractivity contribution is 5.59. The number of hydrogen-bond acceptors (Lipinski definition) is 5. The van der Waals surface area contributed by atoms with Crippen LogP contribution in [0.15, 0.2) is 12.7 Å². The topological polar surface area (TPSA) is 76.0 Å². The second kappa shape index (κ2) is 8.52. The lowest BCUT2D eigenvalue weighted by Gasteiger charge is -2.07. The predicted molar refractivity (Wildman–Crippen MR) is 49.8 cm³/mol. The molecule has 0 saturated heterocycles. The molecule has 5 nitrogen and oxygen atoms in total. The summed E-state index contributed by atoms with van der Waals surface area (Å²) in [5.41, 5.74) is 0. The van der Waals surface area contributed by atoms with Crippen LogP contribution in [0.25, 0.3) is 0 Å². The van der Waals surface area contributed by atoms with Gasteiger partial charge in [0.15, 0.2) is 0 Å². The molecule has 0 aliphatic heterocycles. The molecule has 82 valence electrons. The maximum Gasteiger partial charge on any atom is 0.508 e. The first-order chi connectivity index (χ1) is 6.70. The lowest BCUT2D eigenvalue weighted by molar-refractivity contribution is 0.0511. The van der Waals surface area contributed by atoms with Gasteiger partial charge in [-0.05, 0) is 12.8 Å². The van der Waals surface area contributed by atoms with Crippen LogP contribution in [-0.4, -0.2) is 42.3 Å². The number of rotatable bonds is 7. The van der Waals surface area contributed by atoms with Crippen molar-refractivity contribution in [1.82, 2.24) is 0 Å². The molecule has 0 fully saturated rings. The van der Waals surface area contributed by atoms with E-state index in [0.717, 1.165) is 0 Å². The minimum Gasteiger partial charge on any atom is -0.434 e. The zero-order valence-corrected chi connectivity index (χ0v) is 8.02. The van der Waals surface area contributed by atoms with Crippen LogP contribution in [0.5, 0.6) is 0 Å². The molecule has 0 aromatic rings. The Balaban J connectivity index is 3.26. The Kier molecular flexibility index (Phi) is 7.87. The summed E-state index contributed by atoms with van der Waals surface area (Å²) in [6.07, 6.45) is 0.832. The molecule has 2 N–H and O–H groups in total. The molecule has 0 aromatic heterocycles.